The second-order valence-electron chi connectivity index (χ2n) is 10.8. The smallest absolute Gasteiger partial charge is 0.272 e. The quantitative estimate of drug-likeness (QED) is 0.0844. The molecule has 5 rings (SSSR count). The van der Waals surface area contributed by atoms with Crippen molar-refractivity contribution in [1.29, 1.82) is 0 Å². The molecule has 1 heterocycles. The van der Waals surface area contributed by atoms with Gasteiger partial charge in [0.15, 0.2) is 16.6 Å². The maximum absolute atomic E-state index is 13.6. The molecule has 49 heavy (non-hydrogen) atoms. The van der Waals surface area contributed by atoms with Gasteiger partial charge >= 0.3 is 0 Å². The molecule has 9 nitrogen and oxygen atoms in total. The Kier molecular flexibility index (Phi) is 11.9. The number of amides is 3. The summed E-state index contributed by atoms with van der Waals surface area (Å²) in [7, 11) is 3.16. The number of hydrogen-bond donors (Lipinski definition) is 3. The predicted molar refractivity (Wildman–Crippen MR) is 197 cm³/mol. The normalized spacial score (nSPS) is 11.7. The monoisotopic (exact) mass is 692 g/mol. The lowest BCUT2D eigenvalue weighted by Crippen LogP contribution is -2.30. The summed E-state index contributed by atoms with van der Waals surface area (Å²) in [6.07, 6.45) is 2.23. The zero-order chi connectivity index (χ0) is 34.8. The van der Waals surface area contributed by atoms with Crippen LogP contribution in [0.25, 0.3) is 17.3 Å². The number of benzene rings is 4. The molecule has 1 atom stereocenters. The van der Waals surface area contributed by atoms with Crippen LogP contribution in [0.1, 0.15) is 34.8 Å². The highest BCUT2D eigenvalue weighted by Gasteiger charge is 2.21. The third-order valence-corrected chi connectivity index (χ3v) is 9.58. The van der Waals surface area contributed by atoms with Crippen molar-refractivity contribution in [1.82, 2.24) is 10.3 Å². The van der Waals surface area contributed by atoms with Crippen LogP contribution in [0, 0.1) is 6.92 Å². The summed E-state index contributed by atoms with van der Waals surface area (Å²) < 4.78 is 10.7. The van der Waals surface area contributed by atoms with Crippen molar-refractivity contribution in [3.8, 4) is 22.8 Å². The zero-order valence-electron chi connectivity index (χ0n) is 27.5. The zero-order valence-corrected chi connectivity index (χ0v) is 29.1. The van der Waals surface area contributed by atoms with Gasteiger partial charge in [0.1, 0.15) is 5.70 Å². The average molecular weight is 693 g/mol. The van der Waals surface area contributed by atoms with Crippen LogP contribution in [0.2, 0.25) is 0 Å². The van der Waals surface area contributed by atoms with Crippen LogP contribution >= 0.6 is 23.1 Å². The van der Waals surface area contributed by atoms with E-state index in [1.54, 1.807) is 50.6 Å². The number of carbonyl (C=O) groups excluding carboxylic acids is 3. The number of thioether (sulfide) groups is 1. The van der Waals surface area contributed by atoms with Gasteiger partial charge in [-0.2, -0.15) is 0 Å². The molecule has 1 unspecified atom stereocenters. The lowest BCUT2D eigenvalue weighted by atomic mass is 10.1. The van der Waals surface area contributed by atoms with E-state index in [-0.39, 0.29) is 11.6 Å². The summed E-state index contributed by atoms with van der Waals surface area (Å²) in [4.78, 5) is 45.3. The van der Waals surface area contributed by atoms with Gasteiger partial charge in [0.25, 0.3) is 11.8 Å². The molecule has 3 N–H and O–H groups in total. The minimum atomic E-state index is -0.478. The fourth-order valence-corrected chi connectivity index (χ4v) is 6.56. The van der Waals surface area contributed by atoms with E-state index < -0.39 is 17.1 Å². The molecule has 0 aliphatic carbocycles. The molecule has 11 heteroatoms. The van der Waals surface area contributed by atoms with Gasteiger partial charge in [-0.1, -0.05) is 55.5 Å². The van der Waals surface area contributed by atoms with Gasteiger partial charge in [0.2, 0.25) is 5.91 Å². The Labute approximate surface area is 293 Å². The Morgan fingerprint density at radius 1 is 0.878 bits per heavy atom. The second-order valence-corrected chi connectivity index (χ2v) is 13.0. The Morgan fingerprint density at radius 2 is 1.63 bits per heavy atom. The fourth-order valence-electron chi connectivity index (χ4n) is 4.82. The first-order valence-corrected chi connectivity index (χ1v) is 17.2. The number of aromatic nitrogens is 1. The van der Waals surface area contributed by atoms with Crippen LogP contribution in [0.4, 0.5) is 10.8 Å². The highest BCUT2D eigenvalue weighted by molar-refractivity contribution is 8.00. The number of rotatable bonds is 13. The van der Waals surface area contributed by atoms with Crippen molar-refractivity contribution in [2.45, 2.75) is 30.4 Å². The third kappa shape index (κ3) is 9.16. The lowest BCUT2D eigenvalue weighted by Gasteiger charge is -2.15. The number of hydrogen-bond acceptors (Lipinski definition) is 8. The number of carbonyl (C=O) groups is 3. The maximum Gasteiger partial charge on any atom is 0.272 e. The molecule has 0 saturated heterocycles. The Morgan fingerprint density at radius 3 is 2.37 bits per heavy atom. The Balaban J connectivity index is 1.27. The van der Waals surface area contributed by atoms with Crippen LogP contribution in [0.3, 0.4) is 0 Å². The number of nitrogens with zero attached hydrogens (tertiary/aromatic N) is 1. The molecule has 5 aromatic rings. The first-order chi connectivity index (χ1) is 23.8. The van der Waals surface area contributed by atoms with E-state index in [4.69, 9.17) is 9.47 Å². The minimum Gasteiger partial charge on any atom is -0.493 e. The van der Waals surface area contributed by atoms with E-state index in [9.17, 15) is 14.4 Å². The van der Waals surface area contributed by atoms with Gasteiger partial charge in [0.05, 0.1) is 25.2 Å². The summed E-state index contributed by atoms with van der Waals surface area (Å²) >= 11 is 2.73. The summed E-state index contributed by atoms with van der Waals surface area (Å²) in [6, 6.07) is 29.1. The van der Waals surface area contributed by atoms with Crippen LogP contribution < -0.4 is 25.4 Å². The largest absolute Gasteiger partial charge is 0.493 e. The number of aryl methyl sites for hydroxylation is 1. The summed E-state index contributed by atoms with van der Waals surface area (Å²) in [6.45, 7) is 3.88. The summed E-state index contributed by atoms with van der Waals surface area (Å²) in [5, 5.41) is 10.6. The number of ether oxygens (including phenoxy) is 2. The molecule has 0 saturated carbocycles. The van der Waals surface area contributed by atoms with Crippen molar-refractivity contribution in [3.63, 3.8) is 0 Å². The van der Waals surface area contributed by atoms with Gasteiger partial charge in [-0.25, -0.2) is 4.98 Å². The van der Waals surface area contributed by atoms with Crippen molar-refractivity contribution >= 4 is 57.7 Å². The molecular formula is C38H36N4O5S2. The van der Waals surface area contributed by atoms with Crippen LogP contribution in [0.15, 0.2) is 113 Å². The molecule has 0 spiro atoms. The Bertz CT molecular complexity index is 1980. The number of thiazole rings is 1. The second kappa shape index (κ2) is 16.6. The topological polar surface area (TPSA) is 119 Å². The predicted octanol–water partition coefficient (Wildman–Crippen LogP) is 8.05. The maximum atomic E-state index is 13.6. The molecule has 250 valence electrons. The van der Waals surface area contributed by atoms with E-state index in [0.717, 1.165) is 21.6 Å². The summed E-state index contributed by atoms with van der Waals surface area (Å²) in [5.74, 6) is 0.161. The highest BCUT2D eigenvalue weighted by atomic mass is 32.2. The first-order valence-electron chi connectivity index (χ1n) is 15.5. The van der Waals surface area contributed by atoms with E-state index in [1.165, 1.54) is 23.1 Å². The molecular weight excluding hydrogens is 657 g/mol. The van der Waals surface area contributed by atoms with E-state index in [0.29, 0.717) is 40.0 Å². The molecule has 0 fully saturated rings. The summed E-state index contributed by atoms with van der Waals surface area (Å²) in [5.41, 5.74) is 4.37. The van der Waals surface area contributed by atoms with Gasteiger partial charge in [-0.05, 0) is 79.1 Å². The molecule has 4 aromatic carbocycles. The first kappa shape index (κ1) is 34.9. The van der Waals surface area contributed by atoms with Crippen molar-refractivity contribution in [2.75, 3.05) is 24.9 Å². The highest BCUT2D eigenvalue weighted by Crippen LogP contribution is 2.34. The van der Waals surface area contributed by atoms with Crippen molar-refractivity contribution in [2.24, 2.45) is 0 Å². The standard InChI is InChI=1S/C38H36N4O5S2/c1-5-34(37(45)42-38-41-31(23-48-38)27-18-19-32(46-3)33(21-27)47-4)49-29-17-11-16-28(22-29)39-36(44)30(20-26-15-10-9-12-24(26)2)40-35(43)25-13-7-6-8-14-25/h6-23,34H,5H2,1-4H3,(H,39,44)(H,40,43)(H,41,42,45)/b30-20-. The van der Waals surface area contributed by atoms with E-state index in [2.05, 4.69) is 20.9 Å². The molecule has 1 aromatic heterocycles. The number of nitrogens with one attached hydrogen (secondary N) is 3. The lowest BCUT2D eigenvalue weighted by molar-refractivity contribution is -0.116. The van der Waals surface area contributed by atoms with Crippen molar-refractivity contribution < 1.29 is 23.9 Å². The molecule has 0 aliphatic rings. The minimum absolute atomic E-state index is 0.0999. The van der Waals surface area contributed by atoms with E-state index in [1.807, 2.05) is 86.0 Å². The average Bonchev–Trinajstić information content (AvgIpc) is 3.59. The molecule has 0 radical (unpaired) electrons. The molecule has 3 amide bonds. The van der Waals surface area contributed by atoms with Crippen LogP contribution in [-0.4, -0.2) is 42.2 Å². The van der Waals surface area contributed by atoms with Crippen LogP contribution in [0.5, 0.6) is 11.5 Å². The number of methoxy groups -OCH3 is 2. The third-order valence-electron chi connectivity index (χ3n) is 7.46. The molecule has 0 bridgehead atoms. The molecule has 0 aliphatic heterocycles. The SMILES string of the molecule is CCC(Sc1cccc(NC(=O)/C(=C/c2ccccc2C)NC(=O)c2ccccc2)c1)C(=O)Nc1nc(-c2ccc(OC)c(OC)c2)cs1. The Hall–Kier alpha value is -5.39. The fraction of sp³-hybridized carbons (Fsp3) is 0.158. The van der Waals surface area contributed by atoms with Gasteiger partial charge in [0, 0.05) is 27.1 Å². The van der Waals surface area contributed by atoms with Gasteiger partial charge < -0.3 is 25.4 Å². The van der Waals surface area contributed by atoms with Crippen molar-refractivity contribution in [3.05, 3.63) is 125 Å². The van der Waals surface area contributed by atoms with Gasteiger partial charge in [-0.15, -0.1) is 23.1 Å². The van der Waals surface area contributed by atoms with Crippen LogP contribution in [-0.2, 0) is 9.59 Å². The van der Waals surface area contributed by atoms with Gasteiger partial charge in [-0.3, -0.25) is 14.4 Å². The number of anilines is 2. The van der Waals surface area contributed by atoms with E-state index >= 15 is 0 Å².